The van der Waals surface area contributed by atoms with E-state index in [-0.39, 0.29) is 16.7 Å². The number of hydrogen-bond acceptors (Lipinski definition) is 2. The highest BCUT2D eigenvalue weighted by Crippen LogP contribution is 2.13. The summed E-state index contributed by atoms with van der Waals surface area (Å²) in [6.07, 6.45) is 0. The first-order valence-corrected chi connectivity index (χ1v) is 5.60. The molecule has 2 aromatic carbocycles. The van der Waals surface area contributed by atoms with E-state index in [0.29, 0.717) is 0 Å². The summed E-state index contributed by atoms with van der Waals surface area (Å²) in [7, 11) is 0. The lowest BCUT2D eigenvalue weighted by atomic mass is 10.0. The molecule has 0 saturated carbocycles. The summed E-state index contributed by atoms with van der Waals surface area (Å²) in [6, 6.07) is 16.2. The van der Waals surface area contributed by atoms with Crippen molar-refractivity contribution < 1.29 is 19.8 Å². The number of benzene rings is 2. The van der Waals surface area contributed by atoms with Crippen LogP contribution in [0.2, 0.25) is 0 Å². The fourth-order valence-electron chi connectivity index (χ4n) is 1.48. The molecule has 0 aliphatic heterocycles. The van der Waals surface area contributed by atoms with Gasteiger partial charge in [0.1, 0.15) is 0 Å². The van der Waals surface area contributed by atoms with Crippen LogP contribution in [-0.2, 0) is 0 Å². The van der Waals surface area contributed by atoms with Gasteiger partial charge in [0.05, 0.1) is 11.1 Å². The monoisotopic (exact) mass is 258 g/mol. The van der Waals surface area contributed by atoms with Crippen LogP contribution in [0, 0.1) is 6.92 Å². The van der Waals surface area contributed by atoms with Crippen LogP contribution in [0.3, 0.4) is 0 Å². The molecule has 0 spiro atoms. The van der Waals surface area contributed by atoms with Gasteiger partial charge in [0.25, 0.3) is 0 Å². The van der Waals surface area contributed by atoms with Gasteiger partial charge >= 0.3 is 11.9 Å². The third-order valence-corrected chi connectivity index (χ3v) is 2.46. The van der Waals surface area contributed by atoms with Crippen molar-refractivity contribution in [2.24, 2.45) is 0 Å². The van der Waals surface area contributed by atoms with Crippen LogP contribution in [0.4, 0.5) is 0 Å². The van der Waals surface area contributed by atoms with Crippen molar-refractivity contribution in [1.82, 2.24) is 0 Å². The predicted molar refractivity (Wildman–Crippen MR) is 71.5 cm³/mol. The zero-order valence-corrected chi connectivity index (χ0v) is 10.4. The highest BCUT2D eigenvalue weighted by molar-refractivity contribution is 5.96. The third kappa shape index (κ3) is 4.27. The lowest BCUT2D eigenvalue weighted by Gasteiger charge is -2.03. The smallest absolute Gasteiger partial charge is 0.335 e. The van der Waals surface area contributed by atoms with Gasteiger partial charge in [-0.3, -0.25) is 0 Å². The maximum Gasteiger partial charge on any atom is 0.335 e. The van der Waals surface area contributed by atoms with E-state index in [0.717, 1.165) is 0 Å². The molecule has 2 rings (SSSR count). The van der Waals surface area contributed by atoms with Crippen LogP contribution >= 0.6 is 0 Å². The first-order valence-electron chi connectivity index (χ1n) is 5.60. The number of carboxylic acid groups (broad SMARTS) is 2. The molecule has 0 fully saturated rings. The van der Waals surface area contributed by atoms with E-state index in [4.69, 9.17) is 10.2 Å². The van der Waals surface area contributed by atoms with Crippen molar-refractivity contribution in [3.63, 3.8) is 0 Å². The number of carboxylic acids is 2. The molecule has 0 aliphatic rings. The molecule has 0 heterocycles. The molecule has 0 radical (unpaired) electrons. The first kappa shape index (κ1) is 14.4. The van der Waals surface area contributed by atoms with E-state index >= 15 is 0 Å². The van der Waals surface area contributed by atoms with Crippen molar-refractivity contribution in [3.8, 4) is 0 Å². The molecule has 4 heteroatoms. The summed E-state index contributed by atoms with van der Waals surface area (Å²) < 4.78 is 0. The quantitative estimate of drug-likeness (QED) is 0.868. The standard InChI is InChI=1S/C9H8O4.C6H6/c1-5-6(8(10)11)3-2-4-7(5)9(12)13;1-2-4-6-5-3-1/h2-4H,1H3,(H,10,11)(H,12,13);1-6H. The predicted octanol–water partition coefficient (Wildman–Crippen LogP) is 3.08. The van der Waals surface area contributed by atoms with Crippen molar-refractivity contribution >= 4 is 11.9 Å². The van der Waals surface area contributed by atoms with E-state index in [1.54, 1.807) is 0 Å². The second-order valence-electron chi connectivity index (χ2n) is 3.74. The SMILES string of the molecule is Cc1c(C(=O)O)cccc1C(=O)O.c1ccccc1. The van der Waals surface area contributed by atoms with Gasteiger partial charge in [-0.2, -0.15) is 0 Å². The molecule has 0 bridgehead atoms. The lowest BCUT2D eigenvalue weighted by molar-refractivity contribution is 0.0696. The second kappa shape index (κ2) is 6.96. The van der Waals surface area contributed by atoms with Gasteiger partial charge < -0.3 is 10.2 Å². The molecule has 2 aromatic rings. The summed E-state index contributed by atoms with van der Waals surface area (Å²) in [4.78, 5) is 21.2. The molecule has 98 valence electrons. The minimum Gasteiger partial charge on any atom is -0.478 e. The van der Waals surface area contributed by atoms with Crippen molar-refractivity contribution in [2.75, 3.05) is 0 Å². The molecule has 19 heavy (non-hydrogen) atoms. The van der Waals surface area contributed by atoms with Crippen LogP contribution in [0.1, 0.15) is 26.3 Å². The largest absolute Gasteiger partial charge is 0.478 e. The minimum atomic E-state index is -1.11. The lowest BCUT2D eigenvalue weighted by Crippen LogP contribution is -2.06. The Kier molecular flexibility index (Phi) is 5.29. The zero-order valence-electron chi connectivity index (χ0n) is 10.4. The van der Waals surface area contributed by atoms with Gasteiger partial charge in [0.2, 0.25) is 0 Å². The minimum absolute atomic E-state index is 0.0277. The van der Waals surface area contributed by atoms with Gasteiger partial charge in [-0.25, -0.2) is 9.59 Å². The molecule has 2 N–H and O–H groups in total. The molecule has 0 unspecified atom stereocenters. The summed E-state index contributed by atoms with van der Waals surface area (Å²) in [5.41, 5.74) is 0.335. The summed E-state index contributed by atoms with van der Waals surface area (Å²) >= 11 is 0. The van der Waals surface area contributed by atoms with Gasteiger partial charge in [-0.05, 0) is 24.6 Å². The van der Waals surface area contributed by atoms with E-state index in [1.165, 1.54) is 25.1 Å². The summed E-state index contributed by atoms with van der Waals surface area (Å²) in [6.45, 7) is 1.48. The van der Waals surface area contributed by atoms with Crippen molar-refractivity contribution in [3.05, 3.63) is 71.3 Å². The Hall–Kier alpha value is -2.62. The first-order chi connectivity index (χ1) is 9.04. The Balaban J connectivity index is 0.000000250. The number of rotatable bonds is 2. The van der Waals surface area contributed by atoms with Crippen molar-refractivity contribution in [1.29, 1.82) is 0 Å². The molecular weight excluding hydrogens is 244 g/mol. The molecule has 4 nitrogen and oxygen atoms in total. The molecule has 0 aliphatic carbocycles. The fraction of sp³-hybridized carbons (Fsp3) is 0.0667. The van der Waals surface area contributed by atoms with Crippen LogP contribution < -0.4 is 0 Å². The maximum absolute atomic E-state index is 10.6. The highest BCUT2D eigenvalue weighted by Gasteiger charge is 2.13. The number of aromatic carboxylic acids is 2. The third-order valence-electron chi connectivity index (χ3n) is 2.46. The second-order valence-corrected chi connectivity index (χ2v) is 3.74. The van der Waals surface area contributed by atoms with E-state index in [9.17, 15) is 9.59 Å². The maximum atomic E-state index is 10.6. The summed E-state index contributed by atoms with van der Waals surface area (Å²) in [5, 5.41) is 17.4. The van der Waals surface area contributed by atoms with Crippen molar-refractivity contribution in [2.45, 2.75) is 6.92 Å². The van der Waals surface area contributed by atoms with Crippen LogP contribution in [0.25, 0.3) is 0 Å². The summed E-state index contributed by atoms with van der Waals surface area (Å²) in [5.74, 6) is -2.22. The Labute approximate surface area is 111 Å². The number of carbonyl (C=O) groups is 2. The highest BCUT2D eigenvalue weighted by atomic mass is 16.4. The van der Waals surface area contributed by atoms with Gasteiger partial charge in [0, 0.05) is 0 Å². The van der Waals surface area contributed by atoms with Crippen LogP contribution in [0.5, 0.6) is 0 Å². The topological polar surface area (TPSA) is 74.6 Å². The van der Waals surface area contributed by atoms with E-state index in [1.807, 2.05) is 36.4 Å². The fourth-order valence-corrected chi connectivity index (χ4v) is 1.48. The zero-order chi connectivity index (χ0) is 14.3. The Bertz CT molecular complexity index is 503. The van der Waals surface area contributed by atoms with E-state index in [2.05, 4.69) is 0 Å². The molecular formula is C15H14O4. The van der Waals surface area contributed by atoms with Crippen LogP contribution in [0.15, 0.2) is 54.6 Å². The van der Waals surface area contributed by atoms with Gasteiger partial charge in [0.15, 0.2) is 0 Å². The van der Waals surface area contributed by atoms with E-state index < -0.39 is 11.9 Å². The Morgan fingerprint density at radius 3 is 1.32 bits per heavy atom. The molecule has 0 amide bonds. The van der Waals surface area contributed by atoms with Gasteiger partial charge in [-0.15, -0.1) is 0 Å². The Morgan fingerprint density at radius 1 is 0.737 bits per heavy atom. The normalized spacial score (nSPS) is 9.11. The average molecular weight is 258 g/mol. The van der Waals surface area contributed by atoms with Crippen LogP contribution in [-0.4, -0.2) is 22.2 Å². The number of hydrogen-bond donors (Lipinski definition) is 2. The Morgan fingerprint density at radius 2 is 1.05 bits per heavy atom. The van der Waals surface area contributed by atoms with Gasteiger partial charge in [-0.1, -0.05) is 42.5 Å². The molecule has 0 aromatic heterocycles. The average Bonchev–Trinajstić information content (AvgIpc) is 2.41. The molecule has 0 atom stereocenters. The molecule has 0 saturated heterocycles.